The van der Waals surface area contributed by atoms with Crippen molar-refractivity contribution in [1.82, 2.24) is 0 Å². The average Bonchev–Trinajstić information content (AvgIpc) is 2.63. The van der Waals surface area contributed by atoms with Crippen LogP contribution >= 0.6 is 0 Å². The summed E-state index contributed by atoms with van der Waals surface area (Å²) in [6.45, 7) is 6.57. The van der Waals surface area contributed by atoms with Crippen molar-refractivity contribution in [2.45, 2.75) is 142 Å². The van der Waals surface area contributed by atoms with E-state index in [9.17, 15) is 0 Å². The molecule has 0 saturated heterocycles. The summed E-state index contributed by atoms with van der Waals surface area (Å²) in [5, 5.41) is 0. The van der Waals surface area contributed by atoms with E-state index >= 15 is 0 Å². The van der Waals surface area contributed by atoms with Crippen molar-refractivity contribution < 1.29 is 4.74 Å². The molecule has 0 heterocycles. The number of hydrogen-bond acceptors (Lipinski definition) is 1. The molecule has 27 heavy (non-hydrogen) atoms. The first kappa shape index (κ1) is 33.4. The van der Waals surface area contributed by atoms with Crippen LogP contribution in [0.2, 0.25) is 0 Å². The Morgan fingerprint density at radius 1 is 0.370 bits per heavy atom. The van der Waals surface area contributed by atoms with Gasteiger partial charge in [-0.15, -0.1) is 0 Å². The van der Waals surface area contributed by atoms with Crippen LogP contribution in [0.3, 0.4) is 0 Å². The molecule has 0 rings (SSSR count). The molecular formula is C24H53MgNaO. The maximum absolute atomic E-state index is 5.78. The molecule has 0 saturated carbocycles. The van der Waals surface area contributed by atoms with Gasteiger partial charge in [0.1, 0.15) is 0 Å². The Morgan fingerprint density at radius 2 is 0.593 bits per heavy atom. The van der Waals surface area contributed by atoms with Gasteiger partial charge in [-0.1, -0.05) is 129 Å². The summed E-state index contributed by atoms with van der Waals surface area (Å²) in [6.07, 6.45) is 28.2. The first-order valence-corrected chi connectivity index (χ1v) is 12.0. The molecule has 0 aliphatic heterocycles. The van der Waals surface area contributed by atoms with E-state index in [1.807, 2.05) is 0 Å². The van der Waals surface area contributed by atoms with E-state index in [1.54, 1.807) is 0 Å². The summed E-state index contributed by atoms with van der Waals surface area (Å²) < 4.78 is 5.78. The van der Waals surface area contributed by atoms with Crippen molar-refractivity contribution in [2.75, 3.05) is 13.2 Å². The van der Waals surface area contributed by atoms with Gasteiger partial charge in [0.2, 0.25) is 0 Å². The molecule has 3 heteroatoms. The van der Waals surface area contributed by atoms with Crippen molar-refractivity contribution in [1.29, 1.82) is 0 Å². The molecule has 0 aliphatic rings. The second-order valence-electron chi connectivity index (χ2n) is 7.98. The predicted octanol–water partition coefficient (Wildman–Crippen LogP) is 7.28. The average molecular weight is 405 g/mol. The minimum atomic E-state index is 0. The monoisotopic (exact) mass is 404 g/mol. The molecule has 0 spiro atoms. The topological polar surface area (TPSA) is 9.23 Å². The van der Waals surface area contributed by atoms with Gasteiger partial charge in [0.05, 0.1) is 0 Å². The van der Waals surface area contributed by atoms with Gasteiger partial charge in [0, 0.05) is 13.2 Å². The first-order valence-electron chi connectivity index (χ1n) is 12.0. The fourth-order valence-corrected chi connectivity index (χ4v) is 3.49. The van der Waals surface area contributed by atoms with E-state index in [0.29, 0.717) is 0 Å². The Balaban J connectivity index is -0.00000288. The third-order valence-electron chi connectivity index (χ3n) is 5.28. The van der Waals surface area contributed by atoms with Crippen molar-refractivity contribution >= 4 is 52.6 Å². The summed E-state index contributed by atoms with van der Waals surface area (Å²) in [7, 11) is 0. The molecule has 0 aromatic rings. The van der Waals surface area contributed by atoms with Gasteiger partial charge in [-0.2, -0.15) is 0 Å². The van der Waals surface area contributed by atoms with Crippen molar-refractivity contribution in [2.24, 2.45) is 0 Å². The van der Waals surface area contributed by atoms with Gasteiger partial charge in [0.25, 0.3) is 0 Å². The Bertz CT molecular complexity index is 204. The van der Waals surface area contributed by atoms with Crippen LogP contribution in [-0.2, 0) is 4.74 Å². The van der Waals surface area contributed by atoms with Gasteiger partial charge >= 0.3 is 52.6 Å². The van der Waals surface area contributed by atoms with Crippen molar-refractivity contribution in [3.05, 3.63) is 0 Å². The zero-order valence-electron chi connectivity index (χ0n) is 18.0. The van der Waals surface area contributed by atoms with E-state index in [1.165, 1.54) is 128 Å². The van der Waals surface area contributed by atoms with Gasteiger partial charge in [-0.3, -0.25) is 0 Å². The summed E-state index contributed by atoms with van der Waals surface area (Å²) in [5.74, 6) is 0. The fraction of sp³-hybridized carbons (Fsp3) is 1.00. The quantitative estimate of drug-likeness (QED) is 0.136. The molecule has 0 fully saturated rings. The second-order valence-corrected chi connectivity index (χ2v) is 7.98. The van der Waals surface area contributed by atoms with Crippen LogP contribution in [0, 0.1) is 0 Å². The number of ether oxygens (including phenoxy) is 1. The summed E-state index contributed by atoms with van der Waals surface area (Å²) in [4.78, 5) is 0. The predicted molar refractivity (Wildman–Crippen MR) is 130 cm³/mol. The van der Waals surface area contributed by atoms with E-state index in [0.717, 1.165) is 13.2 Å². The maximum atomic E-state index is 5.78. The van der Waals surface area contributed by atoms with Gasteiger partial charge < -0.3 is 4.74 Å². The number of unbranched alkanes of at least 4 members (excludes halogenated alkanes) is 18. The van der Waals surface area contributed by atoms with E-state index in [4.69, 9.17) is 4.74 Å². The van der Waals surface area contributed by atoms with Gasteiger partial charge in [0.15, 0.2) is 0 Å². The van der Waals surface area contributed by atoms with Crippen LogP contribution in [0.4, 0.5) is 0 Å². The Labute approximate surface area is 211 Å². The molecule has 158 valence electrons. The zero-order valence-corrected chi connectivity index (χ0v) is 18.0. The molecule has 0 bridgehead atoms. The van der Waals surface area contributed by atoms with Crippen LogP contribution in [0.25, 0.3) is 0 Å². The number of hydrogen-bond donors (Lipinski definition) is 0. The van der Waals surface area contributed by atoms with Gasteiger partial charge in [-0.05, 0) is 12.8 Å². The Kier molecular flexibility index (Phi) is 40.0. The molecule has 0 N–H and O–H groups in total. The van der Waals surface area contributed by atoms with Gasteiger partial charge in [-0.25, -0.2) is 0 Å². The second kappa shape index (κ2) is 32.4. The number of rotatable bonds is 22. The van der Waals surface area contributed by atoms with Crippen LogP contribution in [0.1, 0.15) is 142 Å². The summed E-state index contributed by atoms with van der Waals surface area (Å²) in [6, 6.07) is 0. The summed E-state index contributed by atoms with van der Waals surface area (Å²) in [5.41, 5.74) is 0. The third kappa shape index (κ3) is 32.6. The molecule has 0 atom stereocenters. The molecule has 0 aromatic heterocycles. The molecule has 0 amide bonds. The van der Waals surface area contributed by atoms with Crippen LogP contribution in [-0.4, -0.2) is 65.8 Å². The van der Waals surface area contributed by atoms with E-state index in [-0.39, 0.29) is 52.6 Å². The Morgan fingerprint density at radius 3 is 0.852 bits per heavy atom. The molecule has 0 aliphatic carbocycles. The molecule has 0 aromatic carbocycles. The molecule has 0 unspecified atom stereocenters. The fourth-order valence-electron chi connectivity index (χ4n) is 3.49. The standard InChI is InChI=1S/C24H50O.Mg.Na.3H/c1-3-5-7-9-11-13-15-17-19-21-23-25-24-22-20-18-16-14-12-10-8-6-4-2;;;;;/h3-24H2,1-2H3;;;;;. The van der Waals surface area contributed by atoms with Crippen LogP contribution in [0.15, 0.2) is 0 Å². The van der Waals surface area contributed by atoms with E-state index in [2.05, 4.69) is 13.8 Å². The Hall–Kier alpha value is 1.73. The van der Waals surface area contributed by atoms with Crippen LogP contribution in [0.5, 0.6) is 0 Å². The van der Waals surface area contributed by atoms with Crippen molar-refractivity contribution in [3.63, 3.8) is 0 Å². The summed E-state index contributed by atoms with van der Waals surface area (Å²) >= 11 is 0. The van der Waals surface area contributed by atoms with E-state index < -0.39 is 0 Å². The normalized spacial score (nSPS) is 10.4. The molecule has 0 radical (unpaired) electrons. The zero-order chi connectivity index (χ0) is 18.3. The minimum absolute atomic E-state index is 0. The van der Waals surface area contributed by atoms with Crippen LogP contribution < -0.4 is 0 Å². The first-order chi connectivity index (χ1) is 12.4. The third-order valence-corrected chi connectivity index (χ3v) is 5.28. The molecule has 1 nitrogen and oxygen atoms in total. The molecular weight excluding hydrogens is 352 g/mol. The SMILES string of the molecule is CCCCCCCCCCCCOCCCCCCCCCCCC.[MgH2].[NaH]. The van der Waals surface area contributed by atoms with Crippen molar-refractivity contribution in [3.8, 4) is 0 Å².